The van der Waals surface area contributed by atoms with Gasteiger partial charge in [0.15, 0.2) is 0 Å². The first-order valence-corrected chi connectivity index (χ1v) is 5.76. The van der Waals surface area contributed by atoms with E-state index < -0.39 is 0 Å². The van der Waals surface area contributed by atoms with Crippen molar-refractivity contribution in [2.24, 2.45) is 0 Å². The van der Waals surface area contributed by atoms with Crippen LogP contribution in [0.1, 0.15) is 13.3 Å². The number of hydrogen-bond donors (Lipinski definition) is 2. The Bertz CT molecular complexity index is 522. The zero-order valence-electron chi connectivity index (χ0n) is 9.33. The second-order valence-electron chi connectivity index (χ2n) is 4.19. The third-order valence-corrected chi connectivity index (χ3v) is 3.16. The molecule has 3 rings (SSSR count). The molecule has 0 bridgehead atoms. The van der Waals surface area contributed by atoms with E-state index in [1.165, 1.54) is 11.1 Å². The molecule has 2 aromatic rings. The summed E-state index contributed by atoms with van der Waals surface area (Å²) in [5.41, 5.74) is 3.36. The van der Waals surface area contributed by atoms with Crippen LogP contribution in [0.5, 0.6) is 0 Å². The number of hydrogen-bond acceptors (Lipinski definition) is 3. The van der Waals surface area contributed by atoms with Gasteiger partial charge in [-0.05, 0) is 12.5 Å². The van der Waals surface area contributed by atoms with Crippen LogP contribution in [0.2, 0.25) is 0 Å². The molecule has 0 spiro atoms. The summed E-state index contributed by atoms with van der Waals surface area (Å²) >= 11 is 0. The van der Waals surface area contributed by atoms with Crippen molar-refractivity contribution >= 4 is 22.3 Å². The Morgan fingerprint density at radius 2 is 2.25 bits per heavy atom. The molecular formula is C13H15N3. The second kappa shape index (κ2) is 3.67. The summed E-state index contributed by atoms with van der Waals surface area (Å²) in [6.07, 6.45) is 3.04. The highest BCUT2D eigenvalue weighted by molar-refractivity contribution is 5.98. The van der Waals surface area contributed by atoms with E-state index in [9.17, 15) is 0 Å². The summed E-state index contributed by atoms with van der Waals surface area (Å²) in [7, 11) is 0. The molecule has 0 aliphatic carbocycles. The Morgan fingerprint density at radius 3 is 3.12 bits per heavy atom. The lowest BCUT2D eigenvalue weighted by Crippen LogP contribution is -2.32. The third kappa shape index (κ3) is 1.40. The molecule has 16 heavy (non-hydrogen) atoms. The summed E-state index contributed by atoms with van der Waals surface area (Å²) in [6, 6.07) is 8.76. The highest BCUT2D eigenvalue weighted by Gasteiger charge is 2.17. The van der Waals surface area contributed by atoms with Gasteiger partial charge in [-0.25, -0.2) is 0 Å². The van der Waals surface area contributed by atoms with Crippen LogP contribution in [0.15, 0.2) is 30.5 Å². The molecule has 0 radical (unpaired) electrons. The van der Waals surface area contributed by atoms with Crippen LogP contribution in [0.3, 0.4) is 0 Å². The van der Waals surface area contributed by atoms with Gasteiger partial charge in [0.1, 0.15) is 0 Å². The summed E-state index contributed by atoms with van der Waals surface area (Å²) in [6.45, 7) is 3.18. The predicted octanol–water partition coefficient (Wildman–Crippen LogP) is 2.85. The van der Waals surface area contributed by atoms with Crippen molar-refractivity contribution in [1.82, 2.24) is 4.98 Å². The molecule has 0 saturated heterocycles. The summed E-state index contributed by atoms with van der Waals surface area (Å²) in [5, 5.41) is 8.22. The van der Waals surface area contributed by atoms with E-state index in [2.05, 4.69) is 34.7 Å². The first-order chi connectivity index (χ1) is 7.88. The Hall–Kier alpha value is -1.77. The van der Waals surface area contributed by atoms with E-state index in [-0.39, 0.29) is 0 Å². The van der Waals surface area contributed by atoms with Crippen molar-refractivity contribution in [2.45, 2.75) is 19.4 Å². The average molecular weight is 213 g/mol. The van der Waals surface area contributed by atoms with Crippen molar-refractivity contribution in [3.8, 4) is 0 Å². The zero-order chi connectivity index (χ0) is 11.0. The summed E-state index contributed by atoms with van der Waals surface area (Å²) < 4.78 is 0. The van der Waals surface area contributed by atoms with Crippen molar-refractivity contribution in [1.29, 1.82) is 0 Å². The molecular weight excluding hydrogens is 198 g/mol. The third-order valence-electron chi connectivity index (χ3n) is 3.16. The number of nitrogens with one attached hydrogen (secondary N) is 2. The van der Waals surface area contributed by atoms with Crippen molar-refractivity contribution in [3.05, 3.63) is 30.5 Å². The summed E-state index contributed by atoms with van der Waals surface area (Å²) in [5.74, 6) is 0. The van der Waals surface area contributed by atoms with Crippen LogP contribution < -0.4 is 10.6 Å². The van der Waals surface area contributed by atoms with Crippen molar-refractivity contribution < 1.29 is 0 Å². The van der Waals surface area contributed by atoms with Crippen LogP contribution in [-0.4, -0.2) is 17.6 Å². The van der Waals surface area contributed by atoms with Gasteiger partial charge in [-0.2, -0.15) is 0 Å². The molecule has 1 aliphatic heterocycles. The predicted molar refractivity (Wildman–Crippen MR) is 67.9 cm³/mol. The molecule has 1 aromatic carbocycles. The monoisotopic (exact) mass is 213 g/mol. The normalized spacial score (nSPS) is 18.7. The molecule has 1 atom stereocenters. The van der Waals surface area contributed by atoms with Crippen molar-refractivity contribution in [3.63, 3.8) is 0 Å². The maximum Gasteiger partial charge on any atom is 0.0769 e. The minimum Gasteiger partial charge on any atom is -0.380 e. The Labute approximate surface area is 94.9 Å². The lowest BCUT2D eigenvalue weighted by atomic mass is 10.1. The summed E-state index contributed by atoms with van der Waals surface area (Å²) in [4.78, 5) is 4.44. The van der Waals surface area contributed by atoms with Gasteiger partial charge < -0.3 is 10.6 Å². The highest BCUT2D eigenvalue weighted by Crippen LogP contribution is 2.32. The molecule has 82 valence electrons. The van der Waals surface area contributed by atoms with Crippen LogP contribution in [0.4, 0.5) is 11.4 Å². The maximum absolute atomic E-state index is 4.44. The Kier molecular flexibility index (Phi) is 2.17. The number of pyridine rings is 1. The van der Waals surface area contributed by atoms with Gasteiger partial charge in [0.2, 0.25) is 0 Å². The van der Waals surface area contributed by atoms with Crippen LogP contribution in [0, 0.1) is 0 Å². The Morgan fingerprint density at radius 1 is 1.38 bits per heavy atom. The van der Waals surface area contributed by atoms with Gasteiger partial charge in [0.25, 0.3) is 0 Å². The zero-order valence-corrected chi connectivity index (χ0v) is 9.33. The van der Waals surface area contributed by atoms with Crippen LogP contribution >= 0.6 is 0 Å². The standard InChI is InChI=1S/C13H15N3/c1-2-9-7-14-12-8-15-11-6-4-3-5-10(11)13(12)16-9/h3-6,8-9,14,16H,2,7H2,1H3. The lowest BCUT2D eigenvalue weighted by Gasteiger charge is -2.28. The fourth-order valence-electron chi connectivity index (χ4n) is 2.17. The van der Waals surface area contributed by atoms with Gasteiger partial charge in [-0.3, -0.25) is 4.98 Å². The highest BCUT2D eigenvalue weighted by atomic mass is 15.1. The average Bonchev–Trinajstić information content (AvgIpc) is 2.38. The minimum atomic E-state index is 0.512. The first kappa shape index (κ1) is 9.46. The van der Waals surface area contributed by atoms with Crippen molar-refractivity contribution in [2.75, 3.05) is 17.2 Å². The fourth-order valence-corrected chi connectivity index (χ4v) is 2.17. The second-order valence-corrected chi connectivity index (χ2v) is 4.19. The molecule has 0 fully saturated rings. The molecule has 1 aromatic heterocycles. The quantitative estimate of drug-likeness (QED) is 0.764. The van der Waals surface area contributed by atoms with E-state index in [1.54, 1.807) is 0 Å². The molecule has 1 aliphatic rings. The molecule has 2 N–H and O–H groups in total. The van der Waals surface area contributed by atoms with E-state index in [0.717, 1.165) is 24.2 Å². The van der Waals surface area contributed by atoms with E-state index in [4.69, 9.17) is 0 Å². The number of fused-ring (bicyclic) bond motifs is 3. The molecule has 0 amide bonds. The Balaban J connectivity index is 2.17. The van der Waals surface area contributed by atoms with Crippen LogP contribution in [-0.2, 0) is 0 Å². The van der Waals surface area contributed by atoms with E-state index in [1.807, 2.05) is 18.3 Å². The molecule has 0 saturated carbocycles. The molecule has 2 heterocycles. The van der Waals surface area contributed by atoms with Gasteiger partial charge in [0.05, 0.1) is 23.1 Å². The fraction of sp³-hybridized carbons (Fsp3) is 0.308. The topological polar surface area (TPSA) is 37.0 Å². The first-order valence-electron chi connectivity index (χ1n) is 5.76. The number of benzene rings is 1. The number of para-hydroxylation sites is 1. The lowest BCUT2D eigenvalue weighted by molar-refractivity contribution is 0.714. The maximum atomic E-state index is 4.44. The largest absolute Gasteiger partial charge is 0.380 e. The SMILES string of the molecule is CCC1CNc2cnc3ccccc3c2N1. The molecule has 3 nitrogen and oxygen atoms in total. The minimum absolute atomic E-state index is 0.512. The number of rotatable bonds is 1. The number of anilines is 2. The number of aromatic nitrogens is 1. The van der Waals surface area contributed by atoms with E-state index in [0.29, 0.717) is 6.04 Å². The van der Waals surface area contributed by atoms with Gasteiger partial charge >= 0.3 is 0 Å². The van der Waals surface area contributed by atoms with Gasteiger partial charge in [-0.15, -0.1) is 0 Å². The number of nitrogens with zero attached hydrogens (tertiary/aromatic N) is 1. The van der Waals surface area contributed by atoms with Gasteiger partial charge in [-0.1, -0.05) is 25.1 Å². The van der Waals surface area contributed by atoms with Crippen LogP contribution in [0.25, 0.3) is 10.9 Å². The smallest absolute Gasteiger partial charge is 0.0769 e. The van der Waals surface area contributed by atoms with E-state index >= 15 is 0 Å². The molecule has 3 heteroatoms. The molecule has 1 unspecified atom stereocenters. The van der Waals surface area contributed by atoms with Gasteiger partial charge in [0, 0.05) is 18.0 Å².